The molecule has 62 heavy (non-hydrogen) atoms. The maximum Gasteiger partial charge on any atom is 0.259 e. The SMILES string of the molecule is CC/C=C(/C)C(CCC(=O)CC)N1C(=O)c2ccc(OCCOCCOCCN3CCC(Oc4ccc(-c5ccc(-c6cnccc6C)c(CC)c5)cn4)CC3)cc2C1=C1CC1. The fourth-order valence-electron chi connectivity index (χ4n) is 8.66. The Hall–Kier alpha value is -5.16. The molecule has 2 aliphatic heterocycles. The number of allylic oxidation sites excluding steroid dienone is 2. The Morgan fingerprint density at radius 1 is 0.855 bits per heavy atom. The summed E-state index contributed by atoms with van der Waals surface area (Å²) in [6.45, 7) is 15.8. The molecule has 2 fully saturated rings. The monoisotopic (exact) mass is 840 g/mol. The maximum atomic E-state index is 13.9. The van der Waals surface area contributed by atoms with E-state index in [0.717, 1.165) is 91.9 Å². The fraction of sp³-hybridized carbons (Fsp3) is 0.462. The first-order valence-corrected chi connectivity index (χ1v) is 22.8. The molecule has 4 heterocycles. The minimum Gasteiger partial charge on any atom is -0.491 e. The Morgan fingerprint density at radius 3 is 2.32 bits per heavy atom. The summed E-state index contributed by atoms with van der Waals surface area (Å²) in [5.41, 5.74) is 12.3. The quantitative estimate of drug-likeness (QED) is 0.0565. The lowest BCUT2D eigenvalue weighted by atomic mass is 9.93. The van der Waals surface area contributed by atoms with E-state index in [1.807, 2.05) is 54.7 Å². The van der Waals surface area contributed by atoms with Crippen LogP contribution in [-0.2, 0) is 20.7 Å². The molecule has 1 saturated carbocycles. The van der Waals surface area contributed by atoms with Crippen molar-refractivity contribution in [2.45, 2.75) is 105 Å². The molecule has 1 unspecified atom stereocenters. The number of benzene rings is 2. The van der Waals surface area contributed by atoms with Gasteiger partial charge >= 0.3 is 0 Å². The van der Waals surface area contributed by atoms with Gasteiger partial charge in [0.05, 0.1) is 38.2 Å². The van der Waals surface area contributed by atoms with Gasteiger partial charge in [0.25, 0.3) is 5.91 Å². The van der Waals surface area contributed by atoms with E-state index in [-0.39, 0.29) is 23.8 Å². The summed E-state index contributed by atoms with van der Waals surface area (Å²) in [4.78, 5) is 39.6. The van der Waals surface area contributed by atoms with Crippen molar-refractivity contribution in [2.24, 2.45) is 0 Å². The Kier molecular flexibility index (Phi) is 15.8. The highest BCUT2D eigenvalue weighted by atomic mass is 16.5. The molecule has 4 aromatic rings. The third kappa shape index (κ3) is 11.3. The second kappa shape index (κ2) is 21.8. The third-order valence-electron chi connectivity index (χ3n) is 12.4. The molecule has 10 nitrogen and oxygen atoms in total. The van der Waals surface area contributed by atoms with Crippen molar-refractivity contribution >= 4 is 17.4 Å². The Balaban J connectivity index is 0.782. The molecule has 2 aromatic carbocycles. The van der Waals surface area contributed by atoms with Crippen molar-refractivity contribution in [3.8, 4) is 33.9 Å². The van der Waals surface area contributed by atoms with E-state index < -0.39 is 0 Å². The molecular weight excluding hydrogens is 777 g/mol. The van der Waals surface area contributed by atoms with Gasteiger partial charge in [0.2, 0.25) is 5.88 Å². The molecule has 7 rings (SSSR count). The number of hydrogen-bond acceptors (Lipinski definition) is 9. The Morgan fingerprint density at radius 2 is 1.61 bits per heavy atom. The standard InChI is InChI=1S/C52H64N4O6/c1-6-9-37(5)49(18-14-42(57)8-3)56-51(39-10-11-39)47-33-44(15-17-46(47)52(56)58)61-31-30-60-29-28-59-27-26-55-24-21-43(22-25-55)62-50-19-13-41(34-54-50)40-12-16-45(38(7-2)32-40)48-35-53-23-20-36(48)4/h9,12-13,15-17,19-20,23,32-35,43,49H,6-8,10-11,14,18,21-22,24-31H2,1-5H3/b37-9-. The summed E-state index contributed by atoms with van der Waals surface area (Å²) in [7, 11) is 0. The van der Waals surface area contributed by atoms with Crippen LogP contribution in [0.2, 0.25) is 0 Å². The summed E-state index contributed by atoms with van der Waals surface area (Å²) in [6.07, 6.45) is 15.4. The normalized spacial score (nSPS) is 16.2. The van der Waals surface area contributed by atoms with Crippen LogP contribution in [0.25, 0.3) is 28.0 Å². The summed E-state index contributed by atoms with van der Waals surface area (Å²) in [6, 6.07) is 18.4. The van der Waals surface area contributed by atoms with E-state index in [1.54, 1.807) is 0 Å². The van der Waals surface area contributed by atoms with Crippen molar-refractivity contribution in [1.82, 2.24) is 19.8 Å². The number of ketones is 1. The molecular formula is C52H64N4O6. The van der Waals surface area contributed by atoms with E-state index in [4.69, 9.17) is 18.9 Å². The van der Waals surface area contributed by atoms with Crippen LogP contribution in [0.15, 0.2) is 90.4 Å². The minimum atomic E-state index is -0.137. The number of carbonyl (C=O) groups excluding carboxylic acids is 2. The first-order valence-electron chi connectivity index (χ1n) is 22.8. The van der Waals surface area contributed by atoms with Crippen molar-refractivity contribution in [3.05, 3.63) is 113 Å². The number of nitrogens with zero attached hydrogens (tertiary/aromatic N) is 4. The highest BCUT2D eigenvalue weighted by Crippen LogP contribution is 2.47. The van der Waals surface area contributed by atoms with E-state index >= 15 is 0 Å². The van der Waals surface area contributed by atoms with Gasteiger partial charge in [-0.05, 0) is 117 Å². The Bertz CT molecular complexity index is 2220. The maximum absolute atomic E-state index is 13.9. The molecule has 0 spiro atoms. The second-order valence-electron chi connectivity index (χ2n) is 16.7. The number of aryl methyl sites for hydroxylation is 2. The smallest absolute Gasteiger partial charge is 0.259 e. The number of rotatable bonds is 22. The fourth-order valence-corrected chi connectivity index (χ4v) is 8.66. The van der Waals surface area contributed by atoms with Crippen LogP contribution in [0.4, 0.5) is 0 Å². The highest BCUT2D eigenvalue weighted by Gasteiger charge is 2.41. The van der Waals surface area contributed by atoms with Crippen LogP contribution >= 0.6 is 0 Å². The lowest BCUT2D eigenvalue weighted by Gasteiger charge is -2.31. The lowest BCUT2D eigenvalue weighted by Crippen LogP contribution is -2.40. The van der Waals surface area contributed by atoms with Crippen LogP contribution in [0.5, 0.6) is 11.6 Å². The van der Waals surface area contributed by atoms with Crippen LogP contribution in [0.3, 0.4) is 0 Å². The average molecular weight is 841 g/mol. The largest absolute Gasteiger partial charge is 0.491 e. The number of aromatic nitrogens is 2. The summed E-state index contributed by atoms with van der Waals surface area (Å²) < 4.78 is 24.1. The van der Waals surface area contributed by atoms with Crippen molar-refractivity contribution in [2.75, 3.05) is 52.7 Å². The van der Waals surface area contributed by atoms with Gasteiger partial charge in [0, 0.05) is 79.4 Å². The van der Waals surface area contributed by atoms with Crippen molar-refractivity contribution in [3.63, 3.8) is 0 Å². The summed E-state index contributed by atoms with van der Waals surface area (Å²) >= 11 is 0. The number of piperidine rings is 1. The molecule has 2 aromatic heterocycles. The number of ether oxygens (including phenoxy) is 4. The molecule has 0 N–H and O–H groups in total. The number of pyridine rings is 2. The molecule has 1 amide bonds. The molecule has 328 valence electrons. The average Bonchev–Trinajstić information content (AvgIpc) is 4.10. The zero-order chi connectivity index (χ0) is 43.4. The predicted octanol–water partition coefficient (Wildman–Crippen LogP) is 10.1. The second-order valence-corrected chi connectivity index (χ2v) is 16.7. The van der Waals surface area contributed by atoms with Gasteiger partial charge in [-0.2, -0.15) is 0 Å². The topological polar surface area (TPSA) is 103 Å². The van der Waals surface area contributed by atoms with Crippen LogP contribution in [0.1, 0.15) is 106 Å². The van der Waals surface area contributed by atoms with Crippen molar-refractivity contribution < 1.29 is 28.5 Å². The third-order valence-corrected chi connectivity index (χ3v) is 12.4. The van der Waals surface area contributed by atoms with E-state index in [1.165, 1.54) is 27.8 Å². The first-order chi connectivity index (χ1) is 30.3. The van der Waals surface area contributed by atoms with Gasteiger partial charge in [-0.1, -0.05) is 50.6 Å². The first kappa shape index (κ1) is 44.9. The molecule has 0 radical (unpaired) electrons. The Labute approximate surface area is 368 Å². The number of Topliss-reactive ketones (excluding diaryl/α,β-unsaturated/α-hetero) is 1. The molecule has 1 aliphatic carbocycles. The summed E-state index contributed by atoms with van der Waals surface area (Å²) in [5, 5.41) is 0. The van der Waals surface area contributed by atoms with Crippen LogP contribution in [0, 0.1) is 6.92 Å². The van der Waals surface area contributed by atoms with Gasteiger partial charge in [-0.25, -0.2) is 4.98 Å². The van der Waals surface area contributed by atoms with Gasteiger partial charge in [-0.15, -0.1) is 0 Å². The molecule has 0 bridgehead atoms. The van der Waals surface area contributed by atoms with Crippen LogP contribution in [-0.4, -0.2) is 96.3 Å². The molecule has 10 heteroatoms. The van der Waals surface area contributed by atoms with Crippen molar-refractivity contribution in [1.29, 1.82) is 0 Å². The van der Waals surface area contributed by atoms with Gasteiger partial charge < -0.3 is 28.7 Å². The molecule has 1 atom stereocenters. The zero-order valence-electron chi connectivity index (χ0n) is 37.4. The number of fused-ring (bicyclic) bond motifs is 1. The number of hydrogen-bond donors (Lipinski definition) is 0. The zero-order valence-corrected chi connectivity index (χ0v) is 37.4. The number of amides is 1. The van der Waals surface area contributed by atoms with E-state index in [9.17, 15) is 9.59 Å². The van der Waals surface area contributed by atoms with Gasteiger partial charge in [-0.3, -0.25) is 14.6 Å². The van der Waals surface area contributed by atoms with Gasteiger partial charge in [0.1, 0.15) is 24.2 Å². The minimum absolute atomic E-state index is 0.0109. The molecule has 3 aliphatic rings. The lowest BCUT2D eigenvalue weighted by molar-refractivity contribution is -0.119. The molecule has 1 saturated heterocycles. The van der Waals surface area contributed by atoms with E-state index in [0.29, 0.717) is 63.7 Å². The van der Waals surface area contributed by atoms with Crippen LogP contribution < -0.4 is 9.47 Å². The predicted molar refractivity (Wildman–Crippen MR) is 245 cm³/mol. The van der Waals surface area contributed by atoms with Gasteiger partial charge in [0.15, 0.2) is 0 Å². The number of carbonyl (C=O) groups is 2. The number of likely N-dealkylation sites (tertiary alicyclic amines) is 1. The van der Waals surface area contributed by atoms with E-state index in [2.05, 4.69) is 79.0 Å². The highest BCUT2D eigenvalue weighted by molar-refractivity contribution is 6.10. The summed E-state index contributed by atoms with van der Waals surface area (Å²) in [5.74, 6) is 1.63.